The van der Waals surface area contributed by atoms with E-state index in [0.717, 1.165) is 23.8 Å². The second-order valence-electron chi connectivity index (χ2n) is 4.31. The van der Waals surface area contributed by atoms with E-state index in [1.54, 1.807) is 11.8 Å². The van der Waals surface area contributed by atoms with Crippen molar-refractivity contribution in [2.75, 3.05) is 18.1 Å². The number of aromatic nitrogens is 2. The van der Waals surface area contributed by atoms with Crippen LogP contribution in [-0.2, 0) is 6.61 Å². The zero-order chi connectivity index (χ0) is 14.4. The van der Waals surface area contributed by atoms with Gasteiger partial charge in [0.25, 0.3) is 0 Å². The van der Waals surface area contributed by atoms with Crippen molar-refractivity contribution in [2.45, 2.75) is 25.3 Å². The van der Waals surface area contributed by atoms with Gasteiger partial charge < -0.3 is 10.1 Å². The van der Waals surface area contributed by atoms with Crippen molar-refractivity contribution in [3.63, 3.8) is 0 Å². The lowest BCUT2D eigenvalue weighted by molar-refractivity contribution is 0.295. The van der Waals surface area contributed by atoms with Gasteiger partial charge in [0.05, 0.1) is 0 Å². The topological polar surface area (TPSA) is 47.0 Å². The normalized spacial score (nSPS) is 10.3. The predicted molar refractivity (Wildman–Crippen MR) is 83.5 cm³/mol. The van der Waals surface area contributed by atoms with Gasteiger partial charge in [-0.15, -0.1) is 11.8 Å². The highest BCUT2D eigenvalue weighted by atomic mass is 32.2. The monoisotopic (exact) mass is 289 g/mol. The number of hydrogen-bond acceptors (Lipinski definition) is 5. The Kier molecular flexibility index (Phi) is 5.24. The van der Waals surface area contributed by atoms with Crippen molar-refractivity contribution in [3.05, 3.63) is 41.9 Å². The number of aryl methyl sites for hydroxylation is 1. The summed E-state index contributed by atoms with van der Waals surface area (Å²) in [5.41, 5.74) is 0.937. The van der Waals surface area contributed by atoms with E-state index >= 15 is 0 Å². The van der Waals surface area contributed by atoms with E-state index in [1.807, 2.05) is 44.2 Å². The lowest BCUT2D eigenvalue weighted by Gasteiger charge is -2.09. The van der Waals surface area contributed by atoms with Gasteiger partial charge >= 0.3 is 0 Å². The number of benzene rings is 1. The molecule has 4 nitrogen and oxygen atoms in total. The molecule has 0 unspecified atom stereocenters. The molecule has 0 radical (unpaired) electrons. The Morgan fingerprint density at radius 3 is 2.60 bits per heavy atom. The molecule has 0 saturated carbocycles. The number of nitrogens with zero attached hydrogens (tertiary/aromatic N) is 2. The minimum atomic E-state index is 0.374. The summed E-state index contributed by atoms with van der Waals surface area (Å²) in [5.74, 6) is 2.36. The molecule has 0 aliphatic rings. The van der Waals surface area contributed by atoms with Crippen molar-refractivity contribution in [1.82, 2.24) is 9.97 Å². The van der Waals surface area contributed by atoms with E-state index in [1.165, 1.54) is 4.90 Å². The smallest absolute Gasteiger partial charge is 0.168 e. The third-order valence-electron chi connectivity index (χ3n) is 2.69. The summed E-state index contributed by atoms with van der Waals surface area (Å²) in [7, 11) is 0. The Hall–Kier alpha value is -1.75. The zero-order valence-electron chi connectivity index (χ0n) is 12.0. The Labute approximate surface area is 124 Å². The van der Waals surface area contributed by atoms with Crippen molar-refractivity contribution in [1.29, 1.82) is 0 Å². The Morgan fingerprint density at radius 2 is 1.95 bits per heavy atom. The van der Waals surface area contributed by atoms with Crippen LogP contribution in [0, 0.1) is 6.92 Å². The number of rotatable bonds is 6. The van der Waals surface area contributed by atoms with Crippen LogP contribution in [0.3, 0.4) is 0 Å². The average Bonchev–Trinajstić information content (AvgIpc) is 2.45. The molecule has 5 heteroatoms. The molecule has 1 aromatic heterocycles. The summed E-state index contributed by atoms with van der Waals surface area (Å²) in [4.78, 5) is 10.0. The van der Waals surface area contributed by atoms with Crippen LogP contribution in [0.15, 0.2) is 35.2 Å². The molecule has 20 heavy (non-hydrogen) atoms. The second kappa shape index (κ2) is 7.14. The number of anilines is 1. The molecule has 0 amide bonds. The minimum Gasteiger partial charge on any atom is -0.486 e. The van der Waals surface area contributed by atoms with Crippen LogP contribution < -0.4 is 10.1 Å². The minimum absolute atomic E-state index is 0.374. The SMILES string of the molecule is CCNc1cc(C)nc(COc2ccc(SC)cc2)n1. The molecule has 0 bridgehead atoms. The highest BCUT2D eigenvalue weighted by Gasteiger charge is 2.03. The van der Waals surface area contributed by atoms with E-state index in [9.17, 15) is 0 Å². The Balaban J connectivity index is 2.02. The third-order valence-corrected chi connectivity index (χ3v) is 3.43. The zero-order valence-corrected chi connectivity index (χ0v) is 12.8. The van der Waals surface area contributed by atoms with Gasteiger partial charge in [-0.3, -0.25) is 0 Å². The van der Waals surface area contributed by atoms with Crippen LogP contribution in [0.25, 0.3) is 0 Å². The summed E-state index contributed by atoms with van der Waals surface area (Å²) >= 11 is 1.71. The lowest BCUT2D eigenvalue weighted by atomic mass is 10.3. The molecule has 1 N–H and O–H groups in total. The predicted octanol–water partition coefficient (Wildman–Crippen LogP) is 3.52. The molecule has 2 rings (SSSR count). The van der Waals surface area contributed by atoms with E-state index < -0.39 is 0 Å². The van der Waals surface area contributed by atoms with Gasteiger partial charge in [-0.05, 0) is 44.4 Å². The fourth-order valence-corrected chi connectivity index (χ4v) is 2.19. The summed E-state index contributed by atoms with van der Waals surface area (Å²) < 4.78 is 5.72. The van der Waals surface area contributed by atoms with E-state index in [-0.39, 0.29) is 0 Å². The van der Waals surface area contributed by atoms with Crippen molar-refractivity contribution in [2.24, 2.45) is 0 Å². The summed E-state index contributed by atoms with van der Waals surface area (Å²) in [6.07, 6.45) is 2.05. The second-order valence-corrected chi connectivity index (χ2v) is 5.18. The number of ether oxygens (including phenoxy) is 1. The molecular weight excluding hydrogens is 270 g/mol. The summed E-state index contributed by atoms with van der Waals surface area (Å²) in [5, 5.41) is 3.19. The first-order valence-electron chi connectivity index (χ1n) is 6.56. The van der Waals surface area contributed by atoms with Crippen LogP contribution in [0.2, 0.25) is 0 Å². The van der Waals surface area contributed by atoms with E-state index in [0.29, 0.717) is 12.4 Å². The van der Waals surface area contributed by atoms with Gasteiger partial charge in [-0.1, -0.05) is 0 Å². The van der Waals surface area contributed by atoms with Crippen molar-refractivity contribution >= 4 is 17.6 Å². The molecule has 1 aromatic carbocycles. The van der Waals surface area contributed by atoms with Crippen LogP contribution in [-0.4, -0.2) is 22.8 Å². The van der Waals surface area contributed by atoms with Crippen LogP contribution >= 0.6 is 11.8 Å². The highest BCUT2D eigenvalue weighted by Crippen LogP contribution is 2.19. The Morgan fingerprint density at radius 1 is 1.20 bits per heavy atom. The fourth-order valence-electron chi connectivity index (χ4n) is 1.79. The molecule has 106 valence electrons. The molecule has 1 heterocycles. The molecule has 0 saturated heterocycles. The van der Waals surface area contributed by atoms with Gasteiger partial charge in [0, 0.05) is 23.2 Å². The first-order chi connectivity index (χ1) is 9.71. The maximum atomic E-state index is 5.72. The first-order valence-corrected chi connectivity index (χ1v) is 7.79. The Bertz CT molecular complexity index is 558. The van der Waals surface area contributed by atoms with Crippen molar-refractivity contribution in [3.8, 4) is 5.75 Å². The first kappa shape index (κ1) is 14.7. The standard InChI is InChI=1S/C15H19N3OS/c1-4-16-14-9-11(2)17-15(18-14)10-19-12-5-7-13(20-3)8-6-12/h5-9H,4,10H2,1-3H3,(H,16,17,18). The number of nitrogens with one attached hydrogen (secondary N) is 1. The maximum Gasteiger partial charge on any atom is 0.168 e. The molecule has 2 aromatic rings. The molecular formula is C15H19N3OS. The van der Waals surface area contributed by atoms with E-state index in [4.69, 9.17) is 4.74 Å². The van der Waals surface area contributed by atoms with Crippen LogP contribution in [0.1, 0.15) is 18.4 Å². The number of thioether (sulfide) groups is 1. The largest absolute Gasteiger partial charge is 0.486 e. The van der Waals surface area contributed by atoms with Crippen LogP contribution in [0.4, 0.5) is 5.82 Å². The van der Waals surface area contributed by atoms with Gasteiger partial charge in [0.2, 0.25) is 0 Å². The average molecular weight is 289 g/mol. The molecule has 0 spiro atoms. The van der Waals surface area contributed by atoms with Gasteiger partial charge in [0.15, 0.2) is 5.82 Å². The molecule has 0 atom stereocenters. The van der Waals surface area contributed by atoms with Gasteiger partial charge in [-0.2, -0.15) is 0 Å². The lowest BCUT2D eigenvalue weighted by Crippen LogP contribution is -2.07. The maximum absolute atomic E-state index is 5.72. The van der Waals surface area contributed by atoms with Gasteiger partial charge in [-0.25, -0.2) is 9.97 Å². The third kappa shape index (κ3) is 4.13. The van der Waals surface area contributed by atoms with E-state index in [2.05, 4.69) is 21.5 Å². The van der Waals surface area contributed by atoms with Gasteiger partial charge in [0.1, 0.15) is 18.2 Å². The van der Waals surface area contributed by atoms with Crippen LogP contribution in [0.5, 0.6) is 5.75 Å². The quantitative estimate of drug-likeness (QED) is 0.824. The molecule has 0 aliphatic heterocycles. The number of hydrogen-bond donors (Lipinski definition) is 1. The molecule has 0 fully saturated rings. The molecule has 0 aliphatic carbocycles. The summed E-state index contributed by atoms with van der Waals surface area (Å²) in [6, 6.07) is 9.95. The van der Waals surface area contributed by atoms with Crippen molar-refractivity contribution < 1.29 is 4.74 Å². The summed E-state index contributed by atoms with van der Waals surface area (Å²) in [6.45, 7) is 5.21. The fraction of sp³-hybridized carbons (Fsp3) is 0.333. The highest BCUT2D eigenvalue weighted by molar-refractivity contribution is 7.98.